The van der Waals surface area contributed by atoms with Crippen molar-refractivity contribution in [1.29, 1.82) is 0 Å². The lowest BCUT2D eigenvalue weighted by Gasteiger charge is -2.05. The van der Waals surface area contributed by atoms with Crippen LogP contribution in [0.15, 0.2) is 22.7 Å². The summed E-state index contributed by atoms with van der Waals surface area (Å²) in [5.41, 5.74) is 0.636. The van der Waals surface area contributed by atoms with Gasteiger partial charge in [-0.15, -0.1) is 0 Å². The van der Waals surface area contributed by atoms with Crippen LogP contribution in [-0.4, -0.2) is 12.3 Å². The standard InChI is InChI=1S/C12H15BrFNO/c1-9(16)3-2-6-15-8-10-7-11(13)4-5-12(10)14/h4-5,7,15H,2-3,6,8H2,1H3. The van der Waals surface area contributed by atoms with E-state index < -0.39 is 0 Å². The van der Waals surface area contributed by atoms with Crippen LogP contribution in [0.2, 0.25) is 0 Å². The molecule has 0 aliphatic carbocycles. The molecule has 1 aromatic rings. The van der Waals surface area contributed by atoms with Crippen molar-refractivity contribution in [3.8, 4) is 0 Å². The molecular weight excluding hydrogens is 273 g/mol. The molecule has 0 unspecified atom stereocenters. The van der Waals surface area contributed by atoms with E-state index in [1.54, 1.807) is 19.1 Å². The fourth-order valence-corrected chi connectivity index (χ4v) is 1.77. The van der Waals surface area contributed by atoms with Gasteiger partial charge in [0.25, 0.3) is 0 Å². The smallest absolute Gasteiger partial charge is 0.129 e. The summed E-state index contributed by atoms with van der Waals surface area (Å²) in [4.78, 5) is 10.7. The second-order valence-electron chi connectivity index (χ2n) is 3.72. The Morgan fingerprint density at radius 3 is 2.94 bits per heavy atom. The van der Waals surface area contributed by atoms with Gasteiger partial charge in [-0.25, -0.2) is 4.39 Å². The van der Waals surface area contributed by atoms with E-state index in [1.807, 2.05) is 0 Å². The molecule has 1 N–H and O–H groups in total. The number of nitrogens with one attached hydrogen (secondary N) is 1. The highest BCUT2D eigenvalue weighted by molar-refractivity contribution is 9.10. The summed E-state index contributed by atoms with van der Waals surface area (Å²) in [5, 5.41) is 3.11. The molecule has 1 rings (SSSR count). The Morgan fingerprint density at radius 2 is 2.25 bits per heavy atom. The highest BCUT2D eigenvalue weighted by Crippen LogP contribution is 2.15. The molecule has 0 aliphatic rings. The molecule has 0 aliphatic heterocycles. The van der Waals surface area contributed by atoms with Crippen LogP contribution in [-0.2, 0) is 11.3 Å². The molecule has 0 fully saturated rings. The van der Waals surface area contributed by atoms with Crippen LogP contribution in [0.1, 0.15) is 25.3 Å². The van der Waals surface area contributed by atoms with Crippen molar-refractivity contribution in [2.45, 2.75) is 26.3 Å². The Labute approximate surface area is 103 Å². The van der Waals surface area contributed by atoms with Gasteiger partial charge in [-0.3, -0.25) is 0 Å². The van der Waals surface area contributed by atoms with Crippen molar-refractivity contribution in [1.82, 2.24) is 5.32 Å². The number of ketones is 1. The Hall–Kier alpha value is -0.740. The van der Waals surface area contributed by atoms with Gasteiger partial charge >= 0.3 is 0 Å². The predicted molar refractivity (Wildman–Crippen MR) is 65.7 cm³/mol. The van der Waals surface area contributed by atoms with E-state index in [1.165, 1.54) is 6.07 Å². The Morgan fingerprint density at radius 1 is 1.50 bits per heavy atom. The zero-order valence-electron chi connectivity index (χ0n) is 9.22. The lowest BCUT2D eigenvalue weighted by Crippen LogP contribution is -2.16. The van der Waals surface area contributed by atoms with E-state index in [2.05, 4.69) is 21.2 Å². The fourth-order valence-electron chi connectivity index (χ4n) is 1.36. The highest BCUT2D eigenvalue weighted by atomic mass is 79.9. The number of benzene rings is 1. The maximum Gasteiger partial charge on any atom is 0.129 e. The summed E-state index contributed by atoms with van der Waals surface area (Å²) in [6.07, 6.45) is 1.37. The maximum absolute atomic E-state index is 13.3. The van der Waals surface area contributed by atoms with Gasteiger partial charge in [0.2, 0.25) is 0 Å². The number of carbonyl (C=O) groups excluding carboxylic acids is 1. The van der Waals surface area contributed by atoms with Gasteiger partial charge in [0.05, 0.1) is 0 Å². The molecule has 4 heteroatoms. The highest BCUT2D eigenvalue weighted by Gasteiger charge is 2.02. The van der Waals surface area contributed by atoms with Crippen molar-refractivity contribution in [2.75, 3.05) is 6.54 Å². The first kappa shape index (κ1) is 13.3. The molecule has 0 atom stereocenters. The predicted octanol–water partition coefficient (Wildman–Crippen LogP) is 3.05. The normalized spacial score (nSPS) is 10.4. The summed E-state index contributed by atoms with van der Waals surface area (Å²) >= 11 is 3.30. The zero-order valence-corrected chi connectivity index (χ0v) is 10.8. The average molecular weight is 288 g/mol. The van der Waals surface area contributed by atoms with Crippen LogP contribution in [0, 0.1) is 5.82 Å². The summed E-state index contributed by atoms with van der Waals surface area (Å²) in [6, 6.07) is 4.87. The van der Waals surface area contributed by atoms with Crippen molar-refractivity contribution < 1.29 is 9.18 Å². The largest absolute Gasteiger partial charge is 0.313 e. The van der Waals surface area contributed by atoms with Gasteiger partial charge < -0.3 is 10.1 Å². The van der Waals surface area contributed by atoms with E-state index in [0.29, 0.717) is 18.5 Å². The molecular formula is C12H15BrFNO. The van der Waals surface area contributed by atoms with Crippen LogP contribution in [0.5, 0.6) is 0 Å². The van der Waals surface area contributed by atoms with Crippen molar-refractivity contribution in [3.63, 3.8) is 0 Å². The van der Waals surface area contributed by atoms with Gasteiger partial charge in [-0.2, -0.15) is 0 Å². The topological polar surface area (TPSA) is 29.1 Å². The SMILES string of the molecule is CC(=O)CCCNCc1cc(Br)ccc1F. The average Bonchev–Trinajstić information content (AvgIpc) is 2.22. The van der Waals surface area contributed by atoms with Gasteiger partial charge in [0, 0.05) is 23.0 Å². The van der Waals surface area contributed by atoms with Crippen LogP contribution in [0.4, 0.5) is 4.39 Å². The van der Waals surface area contributed by atoms with Crippen molar-refractivity contribution >= 4 is 21.7 Å². The van der Waals surface area contributed by atoms with Gasteiger partial charge in [0.15, 0.2) is 0 Å². The third-order valence-corrected chi connectivity index (χ3v) is 2.70. The van der Waals surface area contributed by atoms with Crippen LogP contribution in [0.3, 0.4) is 0 Å². The van der Waals surface area contributed by atoms with Crippen molar-refractivity contribution in [2.24, 2.45) is 0 Å². The lowest BCUT2D eigenvalue weighted by atomic mass is 10.2. The minimum absolute atomic E-state index is 0.190. The monoisotopic (exact) mass is 287 g/mol. The van der Waals surface area contributed by atoms with E-state index in [-0.39, 0.29) is 11.6 Å². The third kappa shape index (κ3) is 4.86. The Balaban J connectivity index is 2.31. The Kier molecular flexibility index (Phi) is 5.63. The molecule has 0 amide bonds. The molecule has 0 bridgehead atoms. The van der Waals surface area contributed by atoms with Crippen LogP contribution < -0.4 is 5.32 Å². The fraction of sp³-hybridized carbons (Fsp3) is 0.417. The van der Waals surface area contributed by atoms with Crippen LogP contribution in [0.25, 0.3) is 0 Å². The number of Topliss-reactive ketones (excluding diaryl/α,β-unsaturated/α-hetero) is 1. The number of hydrogen-bond donors (Lipinski definition) is 1. The number of hydrogen-bond acceptors (Lipinski definition) is 2. The zero-order chi connectivity index (χ0) is 12.0. The number of rotatable bonds is 6. The molecule has 16 heavy (non-hydrogen) atoms. The van der Waals surface area contributed by atoms with E-state index in [0.717, 1.165) is 17.4 Å². The first-order valence-electron chi connectivity index (χ1n) is 5.23. The summed E-state index contributed by atoms with van der Waals surface area (Å²) in [7, 11) is 0. The summed E-state index contributed by atoms with van der Waals surface area (Å²) < 4.78 is 14.2. The summed E-state index contributed by atoms with van der Waals surface area (Å²) in [5.74, 6) is -0.0160. The second-order valence-corrected chi connectivity index (χ2v) is 4.63. The summed E-state index contributed by atoms with van der Waals surface area (Å²) in [6.45, 7) is 2.79. The second kappa shape index (κ2) is 6.76. The molecule has 0 spiro atoms. The molecule has 2 nitrogen and oxygen atoms in total. The molecule has 0 heterocycles. The lowest BCUT2D eigenvalue weighted by molar-refractivity contribution is -0.117. The first-order chi connectivity index (χ1) is 7.59. The number of halogens is 2. The quantitative estimate of drug-likeness (QED) is 0.815. The van der Waals surface area contributed by atoms with Gasteiger partial charge in [-0.05, 0) is 38.1 Å². The Bertz CT molecular complexity index is 368. The van der Waals surface area contributed by atoms with Crippen molar-refractivity contribution in [3.05, 3.63) is 34.1 Å². The van der Waals surface area contributed by atoms with E-state index in [9.17, 15) is 9.18 Å². The van der Waals surface area contributed by atoms with E-state index in [4.69, 9.17) is 0 Å². The molecule has 88 valence electrons. The molecule has 0 aromatic heterocycles. The molecule has 0 saturated carbocycles. The number of carbonyl (C=O) groups is 1. The van der Waals surface area contributed by atoms with Crippen LogP contribution >= 0.6 is 15.9 Å². The van der Waals surface area contributed by atoms with Gasteiger partial charge in [-0.1, -0.05) is 15.9 Å². The molecule has 1 aromatic carbocycles. The molecule has 0 saturated heterocycles. The maximum atomic E-state index is 13.3. The third-order valence-electron chi connectivity index (χ3n) is 2.21. The minimum atomic E-state index is -0.206. The molecule has 0 radical (unpaired) electrons. The van der Waals surface area contributed by atoms with Gasteiger partial charge in [0.1, 0.15) is 11.6 Å². The first-order valence-corrected chi connectivity index (χ1v) is 6.03. The minimum Gasteiger partial charge on any atom is -0.313 e. The van der Waals surface area contributed by atoms with E-state index >= 15 is 0 Å².